The Morgan fingerprint density at radius 1 is 0.619 bits per heavy atom. The van der Waals surface area contributed by atoms with Crippen LogP contribution in [0, 0.1) is 12.1 Å². The number of para-hydroxylation sites is 2. The monoisotopic (exact) mass is 539 g/mol. The summed E-state index contributed by atoms with van der Waals surface area (Å²) < 4.78 is 5.71. The van der Waals surface area contributed by atoms with Crippen LogP contribution in [0.15, 0.2) is 107 Å². The van der Waals surface area contributed by atoms with Gasteiger partial charge in [-0.05, 0) is 63.3 Å². The van der Waals surface area contributed by atoms with E-state index >= 15 is 0 Å². The number of nitrogens with zero attached hydrogens (tertiary/aromatic N) is 4. The van der Waals surface area contributed by atoms with Gasteiger partial charge in [0.05, 0.1) is 27.7 Å². The Morgan fingerprint density at radius 3 is 2.05 bits per heavy atom. The molecule has 0 bridgehead atoms. The van der Waals surface area contributed by atoms with Gasteiger partial charge in [0, 0.05) is 27.6 Å². The van der Waals surface area contributed by atoms with E-state index in [1.54, 1.807) is 4.40 Å². The summed E-state index contributed by atoms with van der Waals surface area (Å²) in [6.07, 6.45) is 10.5. The zero-order valence-corrected chi connectivity index (χ0v) is 22.1. The SMILES string of the molecule is O=c1c2ccc3c4ccc5c6c(ccc(c7ccc(c2c37)[n+]2n1C1C=CC=CC1C=2)c46)c(=O)n1c2ccccc2nc51. The smallest absolute Gasteiger partial charge is 0.268 e. The summed E-state index contributed by atoms with van der Waals surface area (Å²) >= 11 is 0. The van der Waals surface area contributed by atoms with Gasteiger partial charge in [0.15, 0.2) is 6.21 Å². The first-order chi connectivity index (χ1) is 20.7. The quantitative estimate of drug-likeness (QED) is 0.133. The van der Waals surface area contributed by atoms with Crippen molar-refractivity contribution in [2.24, 2.45) is 5.92 Å². The van der Waals surface area contributed by atoms with Crippen molar-refractivity contribution >= 4 is 81.4 Å². The summed E-state index contributed by atoms with van der Waals surface area (Å²) in [5, 5.41) is 10.8. The van der Waals surface area contributed by atoms with Crippen LogP contribution in [0.3, 0.4) is 0 Å². The normalized spacial score (nSPS) is 18.2. The molecule has 4 heterocycles. The minimum atomic E-state index is -0.0502. The van der Waals surface area contributed by atoms with Gasteiger partial charge in [-0.2, -0.15) is 0 Å². The van der Waals surface area contributed by atoms with Crippen LogP contribution in [0.2, 0.25) is 0 Å². The van der Waals surface area contributed by atoms with Crippen molar-refractivity contribution in [1.29, 1.82) is 0 Å². The van der Waals surface area contributed by atoms with E-state index in [-0.39, 0.29) is 23.1 Å². The molecule has 11 rings (SSSR count). The van der Waals surface area contributed by atoms with E-state index < -0.39 is 0 Å². The molecule has 194 valence electrons. The molecule has 6 aromatic carbocycles. The molecule has 2 aliphatic rings. The summed E-state index contributed by atoms with van der Waals surface area (Å²) in [7, 11) is 0. The van der Waals surface area contributed by atoms with Gasteiger partial charge in [-0.1, -0.05) is 63.7 Å². The molecule has 0 N–H and O–H groups in total. The third kappa shape index (κ3) is 2.19. The number of benzene rings is 6. The van der Waals surface area contributed by atoms with E-state index in [9.17, 15) is 9.59 Å². The summed E-state index contributed by atoms with van der Waals surface area (Å²) in [6.45, 7) is 0. The number of hydrogen-bond donors (Lipinski definition) is 0. The lowest BCUT2D eigenvalue weighted by Crippen LogP contribution is -2.40. The zero-order chi connectivity index (χ0) is 27.4. The van der Waals surface area contributed by atoms with Gasteiger partial charge in [-0.25, -0.2) is 4.98 Å². The third-order valence-corrected chi connectivity index (χ3v) is 9.78. The number of fused-ring (bicyclic) bond motifs is 10. The van der Waals surface area contributed by atoms with Crippen molar-refractivity contribution in [3.05, 3.63) is 124 Å². The first-order valence-electron chi connectivity index (χ1n) is 14.2. The highest BCUT2D eigenvalue weighted by Gasteiger charge is 2.36. The summed E-state index contributed by atoms with van der Waals surface area (Å²) in [5.41, 5.74) is 3.32. The highest BCUT2D eigenvalue weighted by atomic mass is 16.1. The highest BCUT2D eigenvalue weighted by Crippen LogP contribution is 2.45. The van der Waals surface area contributed by atoms with E-state index in [0.717, 1.165) is 70.4 Å². The highest BCUT2D eigenvalue weighted by molar-refractivity contribution is 6.39. The van der Waals surface area contributed by atoms with Gasteiger partial charge in [0.2, 0.25) is 5.52 Å². The molecule has 6 nitrogen and oxygen atoms in total. The first-order valence-corrected chi connectivity index (χ1v) is 14.2. The molecule has 1 aliphatic carbocycles. The topological polar surface area (TPSA) is 62.3 Å². The molecular weight excluding hydrogens is 520 g/mol. The molecule has 1 aliphatic heterocycles. The standard InChI is InChI=1S/C36H19N4O2/c41-35-24-13-10-20-22-15-16-29-33-25(36(42)40-27-7-3-1-5-18(27)17-38(29)40)14-11-21(31(22)33)19-9-12-23(32(24)30(19)20)34-37-26-6-2-4-8-28(26)39(34)35/h1-18,27H/q+1. The molecule has 0 saturated carbocycles. The fourth-order valence-corrected chi connectivity index (χ4v) is 8.06. The van der Waals surface area contributed by atoms with Crippen molar-refractivity contribution in [3.63, 3.8) is 0 Å². The zero-order valence-electron chi connectivity index (χ0n) is 22.1. The van der Waals surface area contributed by atoms with E-state index in [1.807, 2.05) is 47.2 Å². The summed E-state index contributed by atoms with van der Waals surface area (Å²) in [5.74, 6) is 0.147. The molecule has 2 unspecified atom stereocenters. The average Bonchev–Trinajstić information content (AvgIpc) is 3.61. The van der Waals surface area contributed by atoms with Gasteiger partial charge >= 0.3 is 5.56 Å². The molecule has 2 atom stereocenters. The molecule has 3 aromatic heterocycles. The predicted octanol–water partition coefficient (Wildman–Crippen LogP) is 6.12. The number of aromatic nitrogens is 4. The second kappa shape index (κ2) is 6.81. The second-order valence-electron chi connectivity index (χ2n) is 11.7. The Bertz CT molecular complexity index is 2940. The maximum atomic E-state index is 14.0. The maximum Gasteiger partial charge on any atom is 0.309 e. The van der Waals surface area contributed by atoms with Crippen LogP contribution in [-0.4, -0.2) is 14.1 Å². The molecule has 0 radical (unpaired) electrons. The van der Waals surface area contributed by atoms with Crippen LogP contribution in [0.4, 0.5) is 0 Å². The Labute approximate surface area is 235 Å². The predicted molar refractivity (Wildman–Crippen MR) is 167 cm³/mol. The van der Waals surface area contributed by atoms with Crippen LogP contribution in [0.25, 0.3) is 81.4 Å². The van der Waals surface area contributed by atoms with Gasteiger partial charge in [-0.15, -0.1) is 0 Å². The minimum absolute atomic E-state index is 0.0171. The molecule has 0 spiro atoms. The molecule has 0 fully saturated rings. The van der Waals surface area contributed by atoms with Crippen LogP contribution >= 0.6 is 0 Å². The fourth-order valence-electron chi connectivity index (χ4n) is 8.06. The first kappa shape index (κ1) is 21.2. The van der Waals surface area contributed by atoms with Crippen LogP contribution in [-0.2, 0) is 0 Å². The summed E-state index contributed by atoms with van der Waals surface area (Å²) in [6, 6.07) is 24.5. The lowest BCUT2D eigenvalue weighted by Gasteiger charge is -2.17. The lowest BCUT2D eigenvalue weighted by molar-refractivity contribution is -0.575. The van der Waals surface area contributed by atoms with Gasteiger partial charge in [0.25, 0.3) is 5.56 Å². The van der Waals surface area contributed by atoms with Crippen molar-refractivity contribution in [2.75, 3.05) is 0 Å². The number of rotatable bonds is 0. The van der Waals surface area contributed by atoms with Crippen LogP contribution in [0.1, 0.15) is 6.04 Å². The van der Waals surface area contributed by atoms with Gasteiger partial charge in [-0.3, -0.25) is 14.0 Å². The lowest BCUT2D eigenvalue weighted by atomic mass is 9.87. The Balaban J connectivity index is 1.37. The van der Waals surface area contributed by atoms with Gasteiger partial charge < -0.3 is 0 Å². The van der Waals surface area contributed by atoms with Crippen molar-refractivity contribution in [2.45, 2.75) is 6.04 Å². The number of pyridine rings is 1. The number of hydrogen-bond acceptors (Lipinski definition) is 3. The minimum Gasteiger partial charge on any atom is -0.268 e. The Morgan fingerprint density at radius 2 is 1.24 bits per heavy atom. The molecule has 6 heteroatoms. The van der Waals surface area contributed by atoms with Crippen LogP contribution < -0.4 is 15.5 Å². The van der Waals surface area contributed by atoms with E-state index in [2.05, 4.69) is 65.2 Å². The third-order valence-electron chi connectivity index (χ3n) is 9.78. The molecule has 9 aromatic rings. The van der Waals surface area contributed by atoms with E-state index in [1.165, 1.54) is 0 Å². The van der Waals surface area contributed by atoms with Crippen molar-refractivity contribution in [3.8, 4) is 0 Å². The number of allylic oxidation sites excluding steroid dienone is 4. The van der Waals surface area contributed by atoms with E-state index in [0.29, 0.717) is 11.0 Å². The largest absolute Gasteiger partial charge is 0.309 e. The average molecular weight is 540 g/mol. The summed E-state index contributed by atoms with van der Waals surface area (Å²) in [4.78, 5) is 32.9. The van der Waals surface area contributed by atoms with Crippen molar-refractivity contribution < 1.29 is 4.36 Å². The molecular formula is C36H19N4O2+. The molecule has 0 saturated heterocycles. The van der Waals surface area contributed by atoms with E-state index in [4.69, 9.17) is 4.98 Å². The fraction of sp³-hybridized carbons (Fsp3) is 0.0556. The molecule has 42 heavy (non-hydrogen) atoms. The van der Waals surface area contributed by atoms with Crippen molar-refractivity contribution in [1.82, 2.24) is 14.1 Å². The van der Waals surface area contributed by atoms with Gasteiger partial charge in [0.1, 0.15) is 11.7 Å². The number of imidazole rings is 1. The Kier molecular flexibility index (Phi) is 3.43. The Hall–Kier alpha value is -5.62. The second-order valence-corrected chi connectivity index (χ2v) is 11.7. The van der Waals surface area contributed by atoms with Crippen LogP contribution in [0.5, 0.6) is 0 Å². The molecule has 0 amide bonds. The maximum absolute atomic E-state index is 14.0.